The zero-order chi connectivity index (χ0) is 13.2. The molecule has 0 aliphatic carbocycles. The van der Waals surface area contributed by atoms with Gasteiger partial charge in [0.1, 0.15) is 0 Å². The molecule has 0 saturated heterocycles. The van der Waals surface area contributed by atoms with Gasteiger partial charge < -0.3 is 10.4 Å². The van der Waals surface area contributed by atoms with Crippen LogP contribution in [0.2, 0.25) is 0 Å². The van der Waals surface area contributed by atoms with Gasteiger partial charge in [0.2, 0.25) is 0 Å². The summed E-state index contributed by atoms with van der Waals surface area (Å²) in [7, 11) is 0. The van der Waals surface area contributed by atoms with Gasteiger partial charge in [-0.2, -0.15) is 13.2 Å². The molecule has 1 aromatic rings. The summed E-state index contributed by atoms with van der Waals surface area (Å²) in [6.07, 6.45) is -5.00. The lowest BCUT2D eigenvalue weighted by molar-refractivity contribution is -0.167. The van der Waals surface area contributed by atoms with Crippen molar-refractivity contribution >= 4 is 33.5 Å². The second-order valence-corrected chi connectivity index (χ2v) is 3.81. The first kappa shape index (κ1) is 13.5. The Morgan fingerprint density at radius 2 is 1.88 bits per heavy atom. The number of carbonyl (C=O) groups excluding carboxylic acids is 1. The van der Waals surface area contributed by atoms with E-state index in [1.54, 1.807) is 5.32 Å². The molecule has 0 bridgehead atoms. The molecule has 1 rings (SSSR count). The van der Waals surface area contributed by atoms with Crippen molar-refractivity contribution in [2.24, 2.45) is 0 Å². The smallest absolute Gasteiger partial charge is 0.471 e. The third-order valence-corrected chi connectivity index (χ3v) is 2.38. The number of benzene rings is 1. The molecule has 0 aliphatic rings. The molecule has 1 amide bonds. The van der Waals surface area contributed by atoms with Crippen molar-refractivity contribution in [1.29, 1.82) is 0 Å². The summed E-state index contributed by atoms with van der Waals surface area (Å²) in [6, 6.07) is 3.24. The SMILES string of the molecule is O=C(O)c1ccc(NC(=O)C(F)(F)F)c(Br)c1. The Labute approximate surface area is 102 Å². The number of hydrogen-bond donors (Lipinski definition) is 2. The van der Waals surface area contributed by atoms with Crippen molar-refractivity contribution in [3.05, 3.63) is 28.2 Å². The normalized spacial score (nSPS) is 11.1. The molecule has 8 heteroatoms. The molecular formula is C9H5BrF3NO3. The summed E-state index contributed by atoms with van der Waals surface area (Å²) in [5.41, 5.74) is -0.265. The highest BCUT2D eigenvalue weighted by Crippen LogP contribution is 2.26. The van der Waals surface area contributed by atoms with E-state index in [9.17, 15) is 22.8 Å². The number of alkyl halides is 3. The van der Waals surface area contributed by atoms with Crippen LogP contribution in [0, 0.1) is 0 Å². The van der Waals surface area contributed by atoms with Crippen LogP contribution in [-0.2, 0) is 4.79 Å². The number of amides is 1. The van der Waals surface area contributed by atoms with E-state index in [1.165, 1.54) is 0 Å². The van der Waals surface area contributed by atoms with Crippen LogP contribution in [0.15, 0.2) is 22.7 Å². The Bertz CT molecular complexity index is 473. The number of carboxylic acid groups (broad SMARTS) is 1. The van der Waals surface area contributed by atoms with E-state index in [2.05, 4.69) is 15.9 Å². The maximum Gasteiger partial charge on any atom is 0.471 e. The first-order valence-corrected chi connectivity index (χ1v) is 4.92. The van der Waals surface area contributed by atoms with Crippen LogP contribution in [-0.4, -0.2) is 23.2 Å². The number of anilines is 1. The van der Waals surface area contributed by atoms with Crippen LogP contribution < -0.4 is 5.32 Å². The predicted molar refractivity (Wildman–Crippen MR) is 55.8 cm³/mol. The Morgan fingerprint density at radius 3 is 2.29 bits per heavy atom. The maximum atomic E-state index is 12.0. The average molecular weight is 312 g/mol. The third-order valence-electron chi connectivity index (χ3n) is 1.72. The Hall–Kier alpha value is -1.57. The number of hydrogen-bond acceptors (Lipinski definition) is 2. The highest BCUT2D eigenvalue weighted by Gasteiger charge is 2.38. The van der Waals surface area contributed by atoms with Crippen LogP contribution in [0.3, 0.4) is 0 Å². The zero-order valence-corrected chi connectivity index (χ0v) is 9.59. The summed E-state index contributed by atoms with van der Waals surface area (Å²) < 4.78 is 35.9. The minimum absolute atomic E-state index is 0.0509. The van der Waals surface area contributed by atoms with Gasteiger partial charge in [0, 0.05) is 4.47 Å². The molecule has 0 fully saturated rings. The van der Waals surface area contributed by atoms with Gasteiger partial charge >= 0.3 is 18.1 Å². The van der Waals surface area contributed by atoms with E-state index in [0.29, 0.717) is 0 Å². The molecule has 2 N–H and O–H groups in total. The first-order valence-electron chi connectivity index (χ1n) is 4.13. The monoisotopic (exact) mass is 311 g/mol. The summed E-state index contributed by atoms with van der Waals surface area (Å²) in [4.78, 5) is 21.2. The van der Waals surface area contributed by atoms with E-state index in [0.717, 1.165) is 18.2 Å². The molecule has 0 atom stereocenters. The number of rotatable bonds is 2. The maximum absolute atomic E-state index is 12.0. The summed E-state index contributed by atoms with van der Waals surface area (Å²) in [5, 5.41) is 10.2. The molecule has 0 aliphatic heterocycles. The van der Waals surface area contributed by atoms with Crippen LogP contribution in [0.25, 0.3) is 0 Å². The van der Waals surface area contributed by atoms with Crippen LogP contribution in [0.1, 0.15) is 10.4 Å². The number of aromatic carboxylic acids is 1. The highest BCUT2D eigenvalue weighted by atomic mass is 79.9. The van der Waals surface area contributed by atoms with Gasteiger partial charge in [-0.25, -0.2) is 4.79 Å². The van der Waals surface area contributed by atoms with Gasteiger partial charge in [0.25, 0.3) is 0 Å². The molecule has 92 valence electrons. The number of halogens is 4. The highest BCUT2D eigenvalue weighted by molar-refractivity contribution is 9.10. The second-order valence-electron chi connectivity index (χ2n) is 2.95. The standard InChI is InChI=1S/C9H5BrF3NO3/c10-5-3-4(7(15)16)1-2-6(5)14-8(17)9(11,12)13/h1-3H,(H,14,17)(H,15,16). The van der Waals surface area contributed by atoms with Crippen molar-refractivity contribution in [3.8, 4) is 0 Å². The Balaban J connectivity index is 2.95. The molecular weight excluding hydrogens is 307 g/mol. The first-order chi connectivity index (χ1) is 7.71. The lowest BCUT2D eigenvalue weighted by atomic mass is 10.2. The molecule has 17 heavy (non-hydrogen) atoms. The second kappa shape index (κ2) is 4.74. The lowest BCUT2D eigenvalue weighted by Gasteiger charge is -2.09. The molecule has 0 unspecified atom stereocenters. The van der Waals surface area contributed by atoms with Crippen molar-refractivity contribution in [2.45, 2.75) is 6.18 Å². The minimum atomic E-state index is -5.00. The Morgan fingerprint density at radius 1 is 1.29 bits per heavy atom. The predicted octanol–water partition coefficient (Wildman–Crippen LogP) is 2.65. The van der Waals surface area contributed by atoms with Crippen molar-refractivity contribution < 1.29 is 27.9 Å². The van der Waals surface area contributed by atoms with E-state index in [-0.39, 0.29) is 15.7 Å². The molecule has 0 radical (unpaired) electrons. The number of carbonyl (C=O) groups is 2. The van der Waals surface area contributed by atoms with E-state index in [1.807, 2.05) is 0 Å². The average Bonchev–Trinajstić information content (AvgIpc) is 2.19. The summed E-state index contributed by atoms with van der Waals surface area (Å²) >= 11 is 2.87. The van der Waals surface area contributed by atoms with Crippen LogP contribution in [0.4, 0.5) is 18.9 Å². The molecule has 1 aromatic carbocycles. The summed E-state index contributed by atoms with van der Waals surface area (Å²) in [5.74, 6) is -3.35. The molecule has 0 heterocycles. The van der Waals surface area contributed by atoms with Gasteiger partial charge in [0.05, 0.1) is 11.3 Å². The van der Waals surface area contributed by atoms with Crippen molar-refractivity contribution in [3.63, 3.8) is 0 Å². The van der Waals surface area contributed by atoms with Gasteiger partial charge in [-0.3, -0.25) is 4.79 Å². The number of nitrogens with one attached hydrogen (secondary N) is 1. The molecule has 0 spiro atoms. The third kappa shape index (κ3) is 3.45. The van der Waals surface area contributed by atoms with Crippen LogP contribution in [0.5, 0.6) is 0 Å². The van der Waals surface area contributed by atoms with Gasteiger partial charge in [-0.05, 0) is 34.1 Å². The fourth-order valence-corrected chi connectivity index (χ4v) is 1.42. The van der Waals surface area contributed by atoms with Gasteiger partial charge in [0.15, 0.2) is 0 Å². The topological polar surface area (TPSA) is 66.4 Å². The van der Waals surface area contributed by atoms with Crippen molar-refractivity contribution in [1.82, 2.24) is 0 Å². The van der Waals surface area contributed by atoms with Gasteiger partial charge in [-0.15, -0.1) is 0 Å². The molecule has 4 nitrogen and oxygen atoms in total. The zero-order valence-electron chi connectivity index (χ0n) is 8.01. The van der Waals surface area contributed by atoms with E-state index >= 15 is 0 Å². The minimum Gasteiger partial charge on any atom is -0.478 e. The Kier molecular flexibility index (Phi) is 3.76. The number of carboxylic acids is 1. The van der Waals surface area contributed by atoms with Crippen LogP contribution >= 0.6 is 15.9 Å². The molecule has 0 saturated carbocycles. The van der Waals surface area contributed by atoms with E-state index < -0.39 is 18.1 Å². The molecule has 0 aromatic heterocycles. The fraction of sp³-hybridized carbons (Fsp3) is 0.111. The lowest BCUT2D eigenvalue weighted by Crippen LogP contribution is -2.30. The van der Waals surface area contributed by atoms with E-state index in [4.69, 9.17) is 5.11 Å². The largest absolute Gasteiger partial charge is 0.478 e. The fourth-order valence-electron chi connectivity index (χ4n) is 0.943. The van der Waals surface area contributed by atoms with Crippen molar-refractivity contribution in [2.75, 3.05) is 5.32 Å². The quantitative estimate of drug-likeness (QED) is 0.882. The summed E-state index contributed by atoms with van der Waals surface area (Å²) in [6.45, 7) is 0. The van der Waals surface area contributed by atoms with Gasteiger partial charge in [-0.1, -0.05) is 0 Å².